The summed E-state index contributed by atoms with van der Waals surface area (Å²) in [6.45, 7) is 5.85. The average Bonchev–Trinajstić information content (AvgIpc) is 2.89. The first kappa shape index (κ1) is 35.0. The van der Waals surface area contributed by atoms with E-state index in [9.17, 15) is 0 Å². The fourth-order valence-corrected chi connectivity index (χ4v) is 4.61. The molecule has 1 N–H and O–H groups in total. The van der Waals surface area contributed by atoms with Gasteiger partial charge in [-0.25, -0.2) is 0 Å². The van der Waals surface area contributed by atoms with E-state index in [4.69, 9.17) is 34.8 Å². The lowest BCUT2D eigenvalue weighted by molar-refractivity contribution is 0.327. The molecule has 1 unspecified atom stereocenters. The van der Waals surface area contributed by atoms with Crippen molar-refractivity contribution in [1.82, 2.24) is 10.2 Å². The smallest absolute Gasteiger partial charge is 0.0351 e. The molecule has 0 fully saturated rings. The van der Waals surface area contributed by atoms with Gasteiger partial charge in [0.05, 0.1) is 0 Å². The van der Waals surface area contributed by atoms with Crippen LogP contribution in [0.4, 0.5) is 0 Å². The average molecular weight is 593 g/mol. The highest BCUT2D eigenvalue weighted by Crippen LogP contribution is 2.27. The van der Waals surface area contributed by atoms with Gasteiger partial charge in [0.1, 0.15) is 0 Å². The molecule has 7 heteroatoms. The van der Waals surface area contributed by atoms with Crippen LogP contribution in [-0.2, 0) is 0 Å². The van der Waals surface area contributed by atoms with Crippen molar-refractivity contribution < 1.29 is 0 Å². The Kier molecular flexibility index (Phi) is 21.5. The molecule has 0 bridgehead atoms. The van der Waals surface area contributed by atoms with E-state index in [1.54, 1.807) is 0 Å². The van der Waals surface area contributed by atoms with Crippen LogP contribution in [0, 0.1) is 0 Å². The van der Waals surface area contributed by atoms with Crippen LogP contribution in [0.25, 0.3) is 0 Å². The molecular formula is C29H39Cl5N2. The Balaban J connectivity index is 0.000000879. The molecule has 0 saturated heterocycles. The standard InChI is InChI=1S/C23H25N.C6H12Cl3N.2ClH/c1-19(20-11-5-2-6-12-20)24-18-17-23(21-13-7-3-8-14-21)22-15-9-4-10-16-22;7-1-4-10(5-2-8)6-3-9;;/h2-16,19,23-24H,17-18H2,1H3;1-6H2;2*1H. The molecule has 0 aliphatic heterocycles. The summed E-state index contributed by atoms with van der Waals surface area (Å²) in [5.74, 6) is 2.37. The largest absolute Gasteiger partial charge is 0.310 e. The molecule has 3 aromatic carbocycles. The van der Waals surface area contributed by atoms with Crippen molar-refractivity contribution in [1.29, 1.82) is 0 Å². The van der Waals surface area contributed by atoms with Gasteiger partial charge in [-0.15, -0.1) is 59.6 Å². The minimum absolute atomic E-state index is 0. The summed E-state index contributed by atoms with van der Waals surface area (Å²) in [4.78, 5) is 2.15. The molecule has 0 aliphatic carbocycles. The minimum Gasteiger partial charge on any atom is -0.310 e. The van der Waals surface area contributed by atoms with Crippen LogP contribution in [0.1, 0.15) is 42.0 Å². The highest BCUT2D eigenvalue weighted by Gasteiger charge is 2.14. The molecule has 2 nitrogen and oxygen atoms in total. The van der Waals surface area contributed by atoms with Gasteiger partial charge in [0.15, 0.2) is 0 Å². The zero-order valence-electron chi connectivity index (χ0n) is 20.9. The van der Waals surface area contributed by atoms with E-state index in [0.29, 0.717) is 29.6 Å². The zero-order chi connectivity index (χ0) is 24.4. The second-order valence-corrected chi connectivity index (χ2v) is 9.29. The van der Waals surface area contributed by atoms with Crippen LogP contribution in [0.5, 0.6) is 0 Å². The van der Waals surface area contributed by atoms with E-state index in [0.717, 1.165) is 32.6 Å². The molecule has 0 saturated carbocycles. The Morgan fingerprint density at radius 1 is 0.611 bits per heavy atom. The number of benzene rings is 3. The molecule has 1 atom stereocenters. The van der Waals surface area contributed by atoms with Crippen molar-refractivity contribution in [2.24, 2.45) is 0 Å². The van der Waals surface area contributed by atoms with Crippen LogP contribution in [0.3, 0.4) is 0 Å². The first-order valence-electron chi connectivity index (χ1n) is 12.0. The molecule has 0 heterocycles. The Bertz CT molecular complexity index is 815. The summed E-state index contributed by atoms with van der Waals surface area (Å²) in [5.41, 5.74) is 4.12. The van der Waals surface area contributed by atoms with Gasteiger partial charge >= 0.3 is 0 Å². The molecule has 36 heavy (non-hydrogen) atoms. The molecular weight excluding hydrogens is 554 g/mol. The fraction of sp³-hybridized carbons (Fsp3) is 0.379. The van der Waals surface area contributed by atoms with E-state index >= 15 is 0 Å². The third-order valence-corrected chi connectivity index (χ3v) is 6.30. The van der Waals surface area contributed by atoms with Gasteiger partial charge in [0.25, 0.3) is 0 Å². The molecule has 0 aliphatic rings. The predicted molar refractivity (Wildman–Crippen MR) is 165 cm³/mol. The van der Waals surface area contributed by atoms with Gasteiger partial charge in [0.2, 0.25) is 0 Å². The van der Waals surface area contributed by atoms with E-state index in [1.165, 1.54) is 16.7 Å². The molecule has 3 aromatic rings. The zero-order valence-corrected chi connectivity index (χ0v) is 24.8. The third-order valence-electron chi connectivity index (χ3n) is 5.79. The van der Waals surface area contributed by atoms with Gasteiger partial charge in [-0.05, 0) is 36.6 Å². The number of hydrogen-bond acceptors (Lipinski definition) is 2. The Morgan fingerprint density at radius 2 is 0.972 bits per heavy atom. The number of alkyl halides is 3. The van der Waals surface area contributed by atoms with Gasteiger partial charge < -0.3 is 5.32 Å². The highest BCUT2D eigenvalue weighted by atomic mass is 35.5. The maximum atomic E-state index is 5.54. The lowest BCUT2D eigenvalue weighted by atomic mass is 9.88. The van der Waals surface area contributed by atoms with Gasteiger partial charge in [-0.1, -0.05) is 91.0 Å². The topological polar surface area (TPSA) is 15.3 Å². The quantitative estimate of drug-likeness (QED) is 0.201. The summed E-state index contributed by atoms with van der Waals surface area (Å²) in [7, 11) is 0. The first-order chi connectivity index (χ1) is 16.7. The van der Waals surface area contributed by atoms with Gasteiger partial charge in [0, 0.05) is 49.2 Å². The molecule has 0 amide bonds. The van der Waals surface area contributed by atoms with Crippen molar-refractivity contribution in [2.45, 2.75) is 25.3 Å². The summed E-state index contributed by atoms with van der Waals surface area (Å²) >= 11 is 16.6. The second-order valence-electron chi connectivity index (χ2n) is 8.16. The summed E-state index contributed by atoms with van der Waals surface area (Å²) in [6, 6.07) is 32.6. The Labute approximate surface area is 245 Å². The van der Waals surface area contributed by atoms with Crippen LogP contribution in [0.15, 0.2) is 91.0 Å². The number of nitrogens with one attached hydrogen (secondary N) is 1. The maximum Gasteiger partial charge on any atom is 0.0351 e. The third kappa shape index (κ3) is 13.5. The summed E-state index contributed by atoms with van der Waals surface area (Å²) in [6.07, 6.45) is 1.09. The lowest BCUT2D eigenvalue weighted by Crippen LogP contribution is -2.29. The lowest BCUT2D eigenvalue weighted by Gasteiger charge is -2.20. The molecule has 0 spiro atoms. The van der Waals surface area contributed by atoms with Crippen molar-refractivity contribution >= 4 is 59.6 Å². The van der Waals surface area contributed by atoms with Gasteiger partial charge in [-0.2, -0.15) is 0 Å². The maximum absolute atomic E-state index is 5.54. The molecule has 0 radical (unpaired) electrons. The molecule has 3 rings (SSSR count). The number of hydrogen-bond donors (Lipinski definition) is 1. The molecule has 200 valence electrons. The Morgan fingerprint density at radius 3 is 1.33 bits per heavy atom. The predicted octanol–water partition coefficient (Wildman–Crippen LogP) is 8.41. The van der Waals surface area contributed by atoms with E-state index < -0.39 is 0 Å². The fourth-order valence-electron chi connectivity index (χ4n) is 3.89. The van der Waals surface area contributed by atoms with Crippen molar-refractivity contribution in [3.05, 3.63) is 108 Å². The van der Waals surface area contributed by atoms with Crippen LogP contribution < -0.4 is 5.32 Å². The second kappa shape index (κ2) is 22.1. The van der Waals surface area contributed by atoms with Crippen LogP contribution in [-0.4, -0.2) is 48.7 Å². The number of rotatable bonds is 13. The van der Waals surface area contributed by atoms with Crippen LogP contribution >= 0.6 is 59.6 Å². The monoisotopic (exact) mass is 590 g/mol. The van der Waals surface area contributed by atoms with Crippen molar-refractivity contribution in [3.8, 4) is 0 Å². The van der Waals surface area contributed by atoms with Gasteiger partial charge in [-0.3, -0.25) is 4.90 Å². The van der Waals surface area contributed by atoms with E-state index in [1.807, 2.05) is 0 Å². The van der Waals surface area contributed by atoms with Crippen molar-refractivity contribution in [3.63, 3.8) is 0 Å². The van der Waals surface area contributed by atoms with Crippen LogP contribution in [0.2, 0.25) is 0 Å². The molecule has 0 aromatic heterocycles. The van der Waals surface area contributed by atoms with E-state index in [2.05, 4.69) is 108 Å². The number of nitrogens with zero attached hydrogens (tertiary/aromatic N) is 1. The summed E-state index contributed by atoms with van der Waals surface area (Å²) < 4.78 is 0. The normalized spacial score (nSPS) is 11.2. The SMILES string of the molecule is CC(NCCC(c1ccccc1)c1ccccc1)c1ccccc1.Cl.Cl.ClCCN(CCCl)CCCl. The Hall–Kier alpha value is -0.970. The van der Waals surface area contributed by atoms with Crippen molar-refractivity contribution in [2.75, 3.05) is 43.8 Å². The number of halogens is 5. The minimum atomic E-state index is 0. The highest BCUT2D eigenvalue weighted by molar-refractivity contribution is 6.18. The summed E-state index contributed by atoms with van der Waals surface area (Å²) in [5, 5.41) is 3.67. The first-order valence-corrected chi connectivity index (χ1v) is 13.6. The van der Waals surface area contributed by atoms with E-state index in [-0.39, 0.29) is 24.8 Å².